The van der Waals surface area contributed by atoms with Crippen LogP contribution < -0.4 is 16.0 Å². The molecule has 1 saturated heterocycles. The topological polar surface area (TPSA) is 188 Å². The van der Waals surface area contributed by atoms with Gasteiger partial charge >= 0.3 is 5.97 Å². The molecule has 2 radical (unpaired) electrons. The minimum atomic E-state index is -0.802. The molecule has 1 aliphatic heterocycles. The fraction of sp³-hybridized carbons (Fsp3) is 0.742. The molecule has 17 heteroatoms. The van der Waals surface area contributed by atoms with Gasteiger partial charge in [-0.1, -0.05) is 6.92 Å². The summed E-state index contributed by atoms with van der Waals surface area (Å²) in [6.45, 7) is 11.9. The molecule has 270 valence electrons. The summed E-state index contributed by atoms with van der Waals surface area (Å²) in [6.07, 6.45) is 3.04. The van der Waals surface area contributed by atoms with Crippen molar-refractivity contribution in [1.29, 1.82) is 0 Å². The van der Waals surface area contributed by atoms with E-state index < -0.39 is 23.2 Å². The van der Waals surface area contributed by atoms with Crippen molar-refractivity contribution in [3.8, 4) is 0 Å². The molecule has 0 spiro atoms. The summed E-state index contributed by atoms with van der Waals surface area (Å²) in [5.74, 6) is -2.23. The number of amides is 5. The molecule has 0 bridgehead atoms. The first kappa shape index (κ1) is 49.2. The van der Waals surface area contributed by atoms with E-state index in [-0.39, 0.29) is 148 Å². The Balaban J connectivity index is 0. The maximum atomic E-state index is 12.2. The van der Waals surface area contributed by atoms with Crippen LogP contribution in [-0.4, -0.2) is 113 Å². The van der Waals surface area contributed by atoms with Gasteiger partial charge in [-0.05, 0) is 25.7 Å². The largest absolute Gasteiger partial charge is 0.381 e. The minimum absolute atomic E-state index is 0. The van der Waals surface area contributed by atoms with Crippen molar-refractivity contribution in [3.63, 3.8) is 0 Å². The van der Waals surface area contributed by atoms with Gasteiger partial charge in [0.2, 0.25) is 5.91 Å². The second-order valence-electron chi connectivity index (χ2n) is 10.9. The minimum Gasteiger partial charge on any atom is -0.381 e. The van der Waals surface area contributed by atoms with Crippen molar-refractivity contribution in [2.45, 2.75) is 71.1 Å². The van der Waals surface area contributed by atoms with Crippen molar-refractivity contribution in [2.24, 2.45) is 5.41 Å². The van der Waals surface area contributed by atoms with Crippen molar-refractivity contribution in [1.82, 2.24) is 21.0 Å². The summed E-state index contributed by atoms with van der Waals surface area (Å²) in [5, 5.41) is 8.82. The van der Waals surface area contributed by atoms with Crippen LogP contribution in [0, 0.1) is 19.3 Å². The summed E-state index contributed by atoms with van der Waals surface area (Å²) in [7, 11) is 0. The summed E-state index contributed by atoms with van der Waals surface area (Å²) in [4.78, 5) is 75.2. The molecule has 1 aliphatic rings. The Morgan fingerprint density at radius 3 is 1.46 bits per heavy atom. The zero-order valence-electron chi connectivity index (χ0n) is 28.4. The number of hydroxylamine groups is 2. The van der Waals surface area contributed by atoms with Gasteiger partial charge in [-0.25, -0.2) is 4.79 Å². The Kier molecular flexibility index (Phi) is 31.6. The molecular formula is C31H52N4O11Y2-2. The van der Waals surface area contributed by atoms with Crippen molar-refractivity contribution >= 4 is 35.5 Å². The zero-order valence-corrected chi connectivity index (χ0v) is 34.0. The second-order valence-corrected chi connectivity index (χ2v) is 10.9. The Morgan fingerprint density at radius 2 is 1.06 bits per heavy atom. The van der Waals surface area contributed by atoms with Crippen LogP contribution in [0.3, 0.4) is 0 Å². The van der Waals surface area contributed by atoms with E-state index in [9.17, 15) is 28.8 Å². The fourth-order valence-electron chi connectivity index (χ4n) is 4.06. The molecule has 0 aromatic heterocycles. The van der Waals surface area contributed by atoms with E-state index in [1.54, 1.807) is 0 Å². The van der Waals surface area contributed by atoms with Gasteiger partial charge in [0, 0.05) is 124 Å². The van der Waals surface area contributed by atoms with Crippen molar-refractivity contribution in [2.75, 3.05) is 72.5 Å². The SMILES string of the molecule is [CH2-]CC(=O)NCCCOCC(COCCCNC(=O)C[CH2-])(COCCCNC(=O)CCC)COCCC(=O)ON1C(=O)CCC1=O.[Y].[Y]. The van der Waals surface area contributed by atoms with Crippen molar-refractivity contribution < 1.29 is 118 Å². The third-order valence-corrected chi connectivity index (χ3v) is 6.58. The molecule has 1 rings (SSSR count). The number of hydrogen-bond acceptors (Lipinski definition) is 11. The average Bonchev–Trinajstić information content (AvgIpc) is 3.35. The Hall–Kier alpha value is -0.932. The fourth-order valence-corrected chi connectivity index (χ4v) is 4.06. The first-order valence-corrected chi connectivity index (χ1v) is 15.9. The summed E-state index contributed by atoms with van der Waals surface area (Å²) < 4.78 is 23.8. The molecule has 0 aromatic carbocycles. The summed E-state index contributed by atoms with van der Waals surface area (Å²) in [6, 6.07) is 0. The van der Waals surface area contributed by atoms with E-state index in [0.717, 1.165) is 6.42 Å². The molecule has 0 saturated carbocycles. The molecule has 1 fully saturated rings. The number of imide groups is 1. The maximum Gasteiger partial charge on any atom is 0.335 e. The molecule has 0 unspecified atom stereocenters. The average molecular weight is 835 g/mol. The van der Waals surface area contributed by atoms with E-state index in [1.807, 2.05) is 6.92 Å². The number of hydrogen-bond donors (Lipinski definition) is 3. The molecule has 48 heavy (non-hydrogen) atoms. The van der Waals surface area contributed by atoms with Gasteiger partial charge in [0.15, 0.2) is 11.8 Å². The van der Waals surface area contributed by atoms with E-state index in [4.69, 9.17) is 23.8 Å². The number of nitrogens with zero attached hydrogens (tertiary/aromatic N) is 1. The molecule has 0 atom stereocenters. The first-order chi connectivity index (χ1) is 22.2. The summed E-state index contributed by atoms with van der Waals surface area (Å²) in [5.41, 5.74) is -0.802. The number of ether oxygens (including phenoxy) is 4. The Bertz CT molecular complexity index is 915. The van der Waals surface area contributed by atoms with E-state index in [0.29, 0.717) is 70.2 Å². The van der Waals surface area contributed by atoms with Crippen LogP contribution in [-0.2, 0) is 118 Å². The van der Waals surface area contributed by atoms with Gasteiger partial charge in [-0.2, -0.15) is 0 Å². The van der Waals surface area contributed by atoms with Gasteiger partial charge in [-0.3, -0.25) is 24.0 Å². The first-order valence-electron chi connectivity index (χ1n) is 15.9. The molecule has 15 nitrogen and oxygen atoms in total. The maximum absolute atomic E-state index is 12.2. The number of carbonyl (C=O) groups excluding carboxylic acids is 6. The van der Waals surface area contributed by atoms with Crippen LogP contribution in [0.2, 0.25) is 0 Å². The van der Waals surface area contributed by atoms with Crippen LogP contribution in [0.15, 0.2) is 0 Å². The number of rotatable bonds is 28. The van der Waals surface area contributed by atoms with Gasteiger partial charge in [0.25, 0.3) is 11.8 Å². The Labute approximate surface area is 334 Å². The van der Waals surface area contributed by atoms with Gasteiger partial charge in [0.05, 0.1) is 44.9 Å². The summed E-state index contributed by atoms with van der Waals surface area (Å²) >= 11 is 0. The molecule has 0 aromatic rings. The second kappa shape index (κ2) is 30.9. The molecule has 5 amide bonds. The molecule has 1 heterocycles. The Morgan fingerprint density at radius 1 is 0.667 bits per heavy atom. The predicted molar refractivity (Wildman–Crippen MR) is 165 cm³/mol. The third kappa shape index (κ3) is 23.5. The van der Waals surface area contributed by atoms with E-state index >= 15 is 0 Å². The monoisotopic (exact) mass is 834 g/mol. The zero-order chi connectivity index (χ0) is 34.0. The predicted octanol–water partition coefficient (Wildman–Crippen LogP) is 0.799. The van der Waals surface area contributed by atoms with E-state index in [2.05, 4.69) is 29.8 Å². The normalized spacial score (nSPS) is 12.6. The van der Waals surface area contributed by atoms with Gasteiger partial charge in [0.1, 0.15) is 0 Å². The quantitative estimate of drug-likeness (QED) is 0.0575. The van der Waals surface area contributed by atoms with Crippen molar-refractivity contribution in [3.05, 3.63) is 13.8 Å². The van der Waals surface area contributed by atoms with Gasteiger partial charge in [-0.15, -0.1) is 17.9 Å². The number of carbonyl (C=O) groups is 6. The molecule has 3 N–H and O–H groups in total. The van der Waals surface area contributed by atoms with Crippen LogP contribution >= 0.6 is 0 Å². The smallest absolute Gasteiger partial charge is 0.335 e. The van der Waals surface area contributed by atoms with Crippen LogP contribution in [0.1, 0.15) is 71.1 Å². The van der Waals surface area contributed by atoms with Gasteiger partial charge < -0.3 is 53.6 Å². The van der Waals surface area contributed by atoms with E-state index in [1.165, 1.54) is 0 Å². The van der Waals surface area contributed by atoms with Crippen LogP contribution in [0.5, 0.6) is 0 Å². The number of nitrogens with one attached hydrogen (secondary N) is 3. The van der Waals surface area contributed by atoms with Crippen LogP contribution in [0.25, 0.3) is 0 Å². The van der Waals surface area contributed by atoms with Crippen LogP contribution in [0.4, 0.5) is 0 Å². The standard InChI is InChI=1S/C31H52N4O11.2Y/c1-4-10-27(38)34-16-9-19-44-23-31(21-42-17-7-14-32-25(36)5-2,22-43-18-8-15-33-26(37)6-3)24-45-20-13-30(41)46-35-28(39)11-12-29(35)40;;/h2-24H2,1H3,(H,32,36)(H,33,37)(H,34,38);;/q-2;;. The molecular weight excluding hydrogens is 782 g/mol. The third-order valence-electron chi connectivity index (χ3n) is 6.58. The molecule has 0 aliphatic carbocycles.